The summed E-state index contributed by atoms with van der Waals surface area (Å²) >= 11 is 1.82. The number of para-hydroxylation sites is 1. The van der Waals surface area contributed by atoms with Crippen LogP contribution < -0.4 is 0 Å². The van der Waals surface area contributed by atoms with Crippen molar-refractivity contribution in [2.75, 3.05) is 13.1 Å². The van der Waals surface area contributed by atoms with Crippen molar-refractivity contribution in [3.63, 3.8) is 0 Å². The van der Waals surface area contributed by atoms with Crippen LogP contribution in [0.25, 0.3) is 10.2 Å². The third kappa shape index (κ3) is 3.87. The molecule has 1 fully saturated rings. The number of likely N-dealkylation sites (tertiary alicyclic amines) is 1. The van der Waals surface area contributed by atoms with Crippen LogP contribution in [0.15, 0.2) is 36.4 Å². The molecule has 4 nitrogen and oxygen atoms in total. The fourth-order valence-corrected chi connectivity index (χ4v) is 5.01. The van der Waals surface area contributed by atoms with E-state index in [1.807, 2.05) is 23.5 Å². The maximum Gasteiger partial charge on any atom is 0.162 e. The number of aromatic hydroxyl groups is 2. The molecule has 1 aromatic heterocycles. The summed E-state index contributed by atoms with van der Waals surface area (Å²) in [4.78, 5) is 7.20. The van der Waals surface area contributed by atoms with E-state index in [1.165, 1.54) is 9.71 Å². The molecule has 0 unspecified atom stereocenters. The second-order valence-corrected chi connectivity index (χ2v) is 9.89. The monoisotopic (exact) mass is 396 g/mol. The van der Waals surface area contributed by atoms with Gasteiger partial charge in [0.05, 0.1) is 15.2 Å². The summed E-state index contributed by atoms with van der Waals surface area (Å²) < 4.78 is 1.26. The van der Waals surface area contributed by atoms with Gasteiger partial charge >= 0.3 is 0 Å². The lowest BCUT2D eigenvalue weighted by molar-refractivity contribution is 0.202. The van der Waals surface area contributed by atoms with E-state index in [4.69, 9.17) is 4.98 Å². The van der Waals surface area contributed by atoms with Gasteiger partial charge in [0.2, 0.25) is 0 Å². The van der Waals surface area contributed by atoms with E-state index in [9.17, 15) is 10.2 Å². The first-order valence-corrected chi connectivity index (χ1v) is 10.8. The Morgan fingerprint density at radius 2 is 1.82 bits per heavy atom. The van der Waals surface area contributed by atoms with E-state index in [0.29, 0.717) is 12.5 Å². The molecule has 2 heterocycles. The van der Waals surface area contributed by atoms with Crippen LogP contribution in [0, 0.1) is 0 Å². The highest BCUT2D eigenvalue weighted by Crippen LogP contribution is 2.38. The van der Waals surface area contributed by atoms with Gasteiger partial charge in [0, 0.05) is 18.0 Å². The normalized spacial score (nSPS) is 16.7. The van der Waals surface area contributed by atoms with Crippen molar-refractivity contribution >= 4 is 21.6 Å². The summed E-state index contributed by atoms with van der Waals surface area (Å²) in [5.74, 6) is 0.504. The van der Waals surface area contributed by atoms with Gasteiger partial charge in [-0.2, -0.15) is 0 Å². The van der Waals surface area contributed by atoms with Crippen LogP contribution >= 0.6 is 11.3 Å². The molecule has 1 aliphatic heterocycles. The van der Waals surface area contributed by atoms with E-state index in [-0.39, 0.29) is 16.9 Å². The lowest BCUT2D eigenvalue weighted by Crippen LogP contribution is -2.32. The maximum atomic E-state index is 10.3. The number of aromatic nitrogens is 1. The van der Waals surface area contributed by atoms with Crippen molar-refractivity contribution in [3.05, 3.63) is 52.5 Å². The van der Waals surface area contributed by atoms with E-state index < -0.39 is 0 Å². The largest absolute Gasteiger partial charge is 0.504 e. The third-order valence-electron chi connectivity index (χ3n) is 5.68. The minimum absolute atomic E-state index is 0.0151. The van der Waals surface area contributed by atoms with Crippen LogP contribution in [0.5, 0.6) is 11.5 Å². The van der Waals surface area contributed by atoms with Crippen molar-refractivity contribution < 1.29 is 10.2 Å². The van der Waals surface area contributed by atoms with Crippen molar-refractivity contribution in [1.29, 1.82) is 0 Å². The topological polar surface area (TPSA) is 56.6 Å². The number of rotatable bonds is 3. The molecule has 1 saturated heterocycles. The van der Waals surface area contributed by atoms with Gasteiger partial charge in [0.1, 0.15) is 0 Å². The molecule has 0 atom stereocenters. The van der Waals surface area contributed by atoms with Gasteiger partial charge in [-0.1, -0.05) is 39.0 Å². The van der Waals surface area contributed by atoms with Crippen molar-refractivity contribution in [2.45, 2.75) is 51.5 Å². The van der Waals surface area contributed by atoms with E-state index in [2.05, 4.69) is 43.9 Å². The summed E-state index contributed by atoms with van der Waals surface area (Å²) in [6, 6.07) is 12.1. The highest BCUT2D eigenvalue weighted by atomic mass is 32.1. The predicted molar refractivity (Wildman–Crippen MR) is 115 cm³/mol. The zero-order valence-electron chi connectivity index (χ0n) is 16.8. The SMILES string of the molecule is CC(C)(C)c1cc(O)c(O)c(CN2CCC(c3nc4ccccc4s3)CC2)c1. The molecule has 0 amide bonds. The van der Waals surface area contributed by atoms with Crippen molar-refractivity contribution in [2.24, 2.45) is 0 Å². The molecule has 2 N–H and O–H groups in total. The second kappa shape index (κ2) is 7.37. The molecule has 0 aliphatic carbocycles. The number of phenols is 2. The van der Waals surface area contributed by atoms with Crippen LogP contribution in [0.1, 0.15) is 55.7 Å². The smallest absolute Gasteiger partial charge is 0.162 e. The Bertz CT molecular complexity index is 949. The highest BCUT2D eigenvalue weighted by Gasteiger charge is 2.25. The number of hydrogen-bond acceptors (Lipinski definition) is 5. The third-order valence-corrected chi connectivity index (χ3v) is 6.87. The molecule has 148 valence electrons. The molecule has 2 aromatic carbocycles. The summed E-state index contributed by atoms with van der Waals surface area (Å²) in [5.41, 5.74) is 2.88. The summed E-state index contributed by atoms with van der Waals surface area (Å²) in [5, 5.41) is 21.7. The Balaban J connectivity index is 1.45. The number of piperidine rings is 1. The van der Waals surface area contributed by atoms with Gasteiger partial charge in [0.15, 0.2) is 11.5 Å². The van der Waals surface area contributed by atoms with Crippen LogP contribution in [0.2, 0.25) is 0 Å². The minimum Gasteiger partial charge on any atom is -0.504 e. The molecular formula is C23H28N2O2S. The Morgan fingerprint density at radius 1 is 1.11 bits per heavy atom. The van der Waals surface area contributed by atoms with Crippen molar-refractivity contribution in [3.8, 4) is 11.5 Å². The van der Waals surface area contributed by atoms with E-state index in [0.717, 1.165) is 42.6 Å². The first-order chi connectivity index (χ1) is 13.3. The molecular weight excluding hydrogens is 368 g/mol. The number of hydrogen-bond donors (Lipinski definition) is 2. The number of benzene rings is 2. The molecule has 1 aliphatic rings. The lowest BCUT2D eigenvalue weighted by Gasteiger charge is -2.31. The first-order valence-electron chi connectivity index (χ1n) is 9.94. The minimum atomic E-state index is -0.0697. The molecule has 0 bridgehead atoms. The summed E-state index contributed by atoms with van der Waals surface area (Å²) in [7, 11) is 0. The van der Waals surface area contributed by atoms with Crippen LogP contribution in [0.4, 0.5) is 0 Å². The molecule has 0 radical (unpaired) electrons. The average molecular weight is 397 g/mol. The average Bonchev–Trinajstić information content (AvgIpc) is 3.09. The summed E-state index contributed by atoms with van der Waals surface area (Å²) in [6.45, 7) is 8.96. The molecule has 0 saturated carbocycles. The molecule has 5 heteroatoms. The van der Waals surface area contributed by atoms with Gasteiger partial charge in [-0.15, -0.1) is 11.3 Å². The number of fused-ring (bicyclic) bond motifs is 1. The fourth-order valence-electron chi connectivity index (χ4n) is 3.88. The Labute approximate surface area is 170 Å². The molecule has 0 spiro atoms. The maximum absolute atomic E-state index is 10.3. The van der Waals surface area contributed by atoms with Gasteiger partial charge < -0.3 is 10.2 Å². The van der Waals surface area contributed by atoms with E-state index in [1.54, 1.807) is 6.07 Å². The number of nitrogens with zero attached hydrogens (tertiary/aromatic N) is 2. The van der Waals surface area contributed by atoms with Gasteiger partial charge in [-0.3, -0.25) is 4.90 Å². The van der Waals surface area contributed by atoms with Crippen LogP contribution in [-0.4, -0.2) is 33.2 Å². The summed E-state index contributed by atoms with van der Waals surface area (Å²) in [6.07, 6.45) is 2.15. The molecule has 4 rings (SSSR count). The molecule has 3 aromatic rings. The zero-order chi connectivity index (χ0) is 19.9. The number of thiazole rings is 1. The Hall–Kier alpha value is -2.11. The van der Waals surface area contributed by atoms with Crippen LogP contribution in [-0.2, 0) is 12.0 Å². The Kier molecular flexibility index (Phi) is 5.06. The quantitative estimate of drug-likeness (QED) is 0.583. The molecule has 28 heavy (non-hydrogen) atoms. The standard InChI is InChI=1S/C23H28N2O2S/c1-23(2,3)17-12-16(21(27)19(26)13-17)14-25-10-8-15(9-11-25)22-24-18-6-4-5-7-20(18)28-22/h4-7,12-13,15,26-27H,8-11,14H2,1-3H3. The zero-order valence-corrected chi connectivity index (χ0v) is 17.6. The lowest BCUT2D eigenvalue weighted by atomic mass is 9.85. The highest BCUT2D eigenvalue weighted by molar-refractivity contribution is 7.18. The Morgan fingerprint density at radius 3 is 2.50 bits per heavy atom. The van der Waals surface area contributed by atoms with Gasteiger partial charge in [-0.25, -0.2) is 4.98 Å². The number of phenolic OH excluding ortho intramolecular Hbond substituents is 2. The van der Waals surface area contributed by atoms with E-state index >= 15 is 0 Å². The van der Waals surface area contributed by atoms with Gasteiger partial charge in [0.25, 0.3) is 0 Å². The second-order valence-electron chi connectivity index (χ2n) is 8.82. The fraction of sp³-hybridized carbons (Fsp3) is 0.435. The first kappa shape index (κ1) is 19.2. The van der Waals surface area contributed by atoms with Crippen LogP contribution in [0.3, 0.4) is 0 Å². The predicted octanol–water partition coefficient (Wildman–Crippen LogP) is 5.38. The van der Waals surface area contributed by atoms with Crippen molar-refractivity contribution in [1.82, 2.24) is 9.88 Å². The van der Waals surface area contributed by atoms with Gasteiger partial charge in [-0.05, 0) is 55.1 Å².